The van der Waals surface area contributed by atoms with Crippen molar-refractivity contribution in [1.29, 1.82) is 0 Å². The third kappa shape index (κ3) is 3.85. The van der Waals surface area contributed by atoms with Gasteiger partial charge in [-0.2, -0.15) is 5.10 Å². The Kier molecular flexibility index (Phi) is 5.25. The van der Waals surface area contributed by atoms with Crippen LogP contribution in [-0.4, -0.2) is 22.9 Å². The predicted molar refractivity (Wildman–Crippen MR) is 84.9 cm³/mol. The lowest BCUT2D eigenvalue weighted by molar-refractivity contribution is 0.252. The zero-order chi connectivity index (χ0) is 14.6. The summed E-state index contributed by atoms with van der Waals surface area (Å²) in [7, 11) is 0. The second-order valence-corrected chi connectivity index (χ2v) is 6.83. The summed E-state index contributed by atoms with van der Waals surface area (Å²) < 4.78 is 2.13. The average Bonchev–Trinajstić information content (AvgIpc) is 3.20. The molecule has 1 aliphatic rings. The predicted octanol–water partition coefficient (Wildman–Crippen LogP) is 3.81. The van der Waals surface area contributed by atoms with Crippen LogP contribution in [0.5, 0.6) is 0 Å². The first-order valence-electron chi connectivity index (χ1n) is 8.33. The van der Waals surface area contributed by atoms with E-state index < -0.39 is 0 Å². The van der Waals surface area contributed by atoms with Crippen molar-refractivity contribution in [2.75, 3.05) is 13.1 Å². The molecular weight excluding hydrogens is 246 g/mol. The Morgan fingerprint density at radius 1 is 1.45 bits per heavy atom. The summed E-state index contributed by atoms with van der Waals surface area (Å²) in [5.41, 5.74) is 1.64. The average molecular weight is 277 g/mol. The van der Waals surface area contributed by atoms with E-state index in [0.29, 0.717) is 11.5 Å². The fraction of sp³-hybridized carbons (Fsp3) is 0.824. The van der Waals surface area contributed by atoms with Crippen LogP contribution in [0.1, 0.15) is 65.1 Å². The Balaban J connectivity index is 1.98. The van der Waals surface area contributed by atoms with Crippen molar-refractivity contribution in [3.05, 3.63) is 18.0 Å². The van der Waals surface area contributed by atoms with Gasteiger partial charge < -0.3 is 5.32 Å². The lowest BCUT2D eigenvalue weighted by atomic mass is 9.80. The van der Waals surface area contributed by atoms with Crippen LogP contribution in [0.2, 0.25) is 0 Å². The monoisotopic (exact) mass is 277 g/mol. The third-order valence-electron chi connectivity index (χ3n) is 4.81. The minimum absolute atomic E-state index is 0.379. The smallest absolute Gasteiger partial charge is 0.0630 e. The van der Waals surface area contributed by atoms with Crippen molar-refractivity contribution in [2.24, 2.45) is 11.3 Å². The van der Waals surface area contributed by atoms with Crippen molar-refractivity contribution >= 4 is 0 Å². The molecule has 0 aromatic carbocycles. The largest absolute Gasteiger partial charge is 0.316 e. The lowest BCUT2D eigenvalue weighted by Crippen LogP contribution is -2.36. The van der Waals surface area contributed by atoms with E-state index in [-0.39, 0.29) is 0 Å². The van der Waals surface area contributed by atoms with Gasteiger partial charge in [0.2, 0.25) is 0 Å². The van der Waals surface area contributed by atoms with Crippen molar-refractivity contribution in [3.8, 4) is 0 Å². The van der Waals surface area contributed by atoms with Crippen LogP contribution in [0.3, 0.4) is 0 Å². The minimum atomic E-state index is 0.379. The van der Waals surface area contributed by atoms with E-state index in [4.69, 9.17) is 5.10 Å². The van der Waals surface area contributed by atoms with Crippen molar-refractivity contribution in [1.82, 2.24) is 15.1 Å². The first kappa shape index (κ1) is 15.6. The summed E-state index contributed by atoms with van der Waals surface area (Å²) in [5.74, 6) is 0.889. The van der Waals surface area contributed by atoms with E-state index in [1.165, 1.54) is 25.0 Å². The molecule has 1 saturated carbocycles. The Hall–Kier alpha value is -0.830. The number of hydrogen-bond acceptors (Lipinski definition) is 2. The van der Waals surface area contributed by atoms with Crippen molar-refractivity contribution < 1.29 is 0 Å². The molecule has 20 heavy (non-hydrogen) atoms. The molecule has 2 unspecified atom stereocenters. The molecule has 3 nitrogen and oxygen atoms in total. The van der Waals surface area contributed by atoms with Crippen LogP contribution in [0.4, 0.5) is 0 Å². The molecular formula is C17H31N3. The Bertz CT molecular complexity index is 408. The van der Waals surface area contributed by atoms with Gasteiger partial charge in [0.1, 0.15) is 0 Å². The standard InChI is InChI=1S/C17H31N3/c1-5-10-18-13-17(4,15-7-8-15)12-16-9-11-20(19-16)14(3)6-2/h9,11,14-15,18H,5-8,10,12-13H2,1-4H3. The van der Waals surface area contributed by atoms with Crippen LogP contribution < -0.4 is 5.32 Å². The SMILES string of the molecule is CCCNCC(C)(Cc1ccn(C(C)CC)n1)C1CC1. The highest BCUT2D eigenvalue weighted by Crippen LogP contribution is 2.46. The number of nitrogens with one attached hydrogen (secondary N) is 1. The van der Waals surface area contributed by atoms with Gasteiger partial charge >= 0.3 is 0 Å². The summed E-state index contributed by atoms with van der Waals surface area (Å²) in [6, 6.07) is 2.72. The van der Waals surface area contributed by atoms with Gasteiger partial charge in [-0.05, 0) is 63.0 Å². The van der Waals surface area contributed by atoms with Gasteiger partial charge in [0.05, 0.1) is 5.69 Å². The molecule has 0 bridgehead atoms. The summed E-state index contributed by atoms with van der Waals surface area (Å²) >= 11 is 0. The number of rotatable bonds is 9. The molecule has 0 radical (unpaired) electrons. The Labute approximate surface area is 124 Å². The van der Waals surface area contributed by atoms with Gasteiger partial charge in [0.25, 0.3) is 0 Å². The second-order valence-electron chi connectivity index (χ2n) is 6.83. The third-order valence-corrected chi connectivity index (χ3v) is 4.81. The van der Waals surface area contributed by atoms with Gasteiger partial charge in [0, 0.05) is 18.8 Å². The van der Waals surface area contributed by atoms with Crippen LogP contribution in [0.25, 0.3) is 0 Å². The molecule has 1 aromatic heterocycles. The van der Waals surface area contributed by atoms with Crippen LogP contribution >= 0.6 is 0 Å². The minimum Gasteiger partial charge on any atom is -0.316 e. The number of nitrogens with zero attached hydrogens (tertiary/aromatic N) is 2. The molecule has 114 valence electrons. The van der Waals surface area contributed by atoms with E-state index in [2.05, 4.69) is 50.0 Å². The summed E-state index contributed by atoms with van der Waals surface area (Å²) in [6.45, 7) is 11.4. The highest BCUT2D eigenvalue weighted by Gasteiger charge is 2.41. The lowest BCUT2D eigenvalue weighted by Gasteiger charge is -2.29. The first-order chi connectivity index (χ1) is 9.59. The molecule has 0 amide bonds. The van der Waals surface area contributed by atoms with Gasteiger partial charge in [0.15, 0.2) is 0 Å². The molecule has 0 aliphatic heterocycles. The van der Waals surface area contributed by atoms with Crippen LogP contribution in [-0.2, 0) is 6.42 Å². The van der Waals surface area contributed by atoms with Gasteiger partial charge in [-0.1, -0.05) is 20.8 Å². The summed E-state index contributed by atoms with van der Waals surface area (Å²) in [4.78, 5) is 0. The maximum atomic E-state index is 4.79. The van der Waals surface area contributed by atoms with E-state index in [9.17, 15) is 0 Å². The molecule has 3 heteroatoms. The molecule has 1 aliphatic carbocycles. The molecule has 1 heterocycles. The topological polar surface area (TPSA) is 29.9 Å². The van der Waals surface area contributed by atoms with Crippen molar-refractivity contribution in [3.63, 3.8) is 0 Å². The summed E-state index contributed by atoms with van der Waals surface area (Å²) in [6.07, 6.45) is 8.41. The number of hydrogen-bond donors (Lipinski definition) is 1. The highest BCUT2D eigenvalue weighted by molar-refractivity contribution is 5.07. The van der Waals surface area contributed by atoms with E-state index in [1.807, 2.05) is 0 Å². The Morgan fingerprint density at radius 3 is 2.80 bits per heavy atom. The van der Waals surface area contributed by atoms with Crippen LogP contribution in [0, 0.1) is 11.3 Å². The zero-order valence-electron chi connectivity index (χ0n) is 13.7. The molecule has 1 aromatic rings. The molecule has 1 N–H and O–H groups in total. The van der Waals surface area contributed by atoms with Crippen LogP contribution in [0.15, 0.2) is 12.3 Å². The van der Waals surface area contributed by atoms with E-state index in [1.54, 1.807) is 0 Å². The molecule has 0 saturated heterocycles. The second kappa shape index (κ2) is 6.75. The molecule has 0 spiro atoms. The van der Waals surface area contributed by atoms with Crippen molar-refractivity contribution in [2.45, 2.75) is 65.8 Å². The molecule has 2 rings (SSSR count). The quantitative estimate of drug-likeness (QED) is 0.696. The number of aromatic nitrogens is 2. The maximum absolute atomic E-state index is 4.79. The van der Waals surface area contributed by atoms with Gasteiger partial charge in [-0.3, -0.25) is 4.68 Å². The highest BCUT2D eigenvalue weighted by atomic mass is 15.3. The molecule has 2 atom stereocenters. The fourth-order valence-electron chi connectivity index (χ4n) is 3.00. The summed E-state index contributed by atoms with van der Waals surface area (Å²) in [5, 5.41) is 8.42. The zero-order valence-corrected chi connectivity index (χ0v) is 13.7. The van der Waals surface area contributed by atoms with Gasteiger partial charge in [-0.25, -0.2) is 0 Å². The fourth-order valence-corrected chi connectivity index (χ4v) is 3.00. The normalized spacial score (nSPS) is 19.8. The van der Waals surface area contributed by atoms with E-state index >= 15 is 0 Å². The first-order valence-corrected chi connectivity index (χ1v) is 8.33. The van der Waals surface area contributed by atoms with E-state index in [0.717, 1.165) is 31.8 Å². The maximum Gasteiger partial charge on any atom is 0.0630 e. The Morgan fingerprint density at radius 2 is 2.20 bits per heavy atom. The van der Waals surface area contributed by atoms with Gasteiger partial charge in [-0.15, -0.1) is 0 Å². The molecule has 1 fully saturated rings.